The molecule has 1 amide bonds. The van der Waals surface area contributed by atoms with E-state index in [0.717, 1.165) is 20.9 Å². The molecule has 0 atom stereocenters. The van der Waals surface area contributed by atoms with Crippen LogP contribution in [0.5, 0.6) is 0 Å². The minimum atomic E-state index is -0.0496. The van der Waals surface area contributed by atoms with Gasteiger partial charge in [0.25, 0.3) is 0 Å². The first-order valence-corrected chi connectivity index (χ1v) is 8.33. The van der Waals surface area contributed by atoms with E-state index in [2.05, 4.69) is 15.5 Å². The summed E-state index contributed by atoms with van der Waals surface area (Å²) in [5.41, 5.74) is 1.80. The van der Waals surface area contributed by atoms with Crippen molar-refractivity contribution in [2.45, 2.75) is 10.9 Å². The van der Waals surface area contributed by atoms with Gasteiger partial charge in [-0.3, -0.25) is 9.89 Å². The van der Waals surface area contributed by atoms with Crippen LogP contribution in [0.25, 0.3) is 11.0 Å². The number of hydrogen-bond donors (Lipinski definition) is 2. The number of carbonyl (C=O) groups excluding carboxylic acids is 1. The number of benzene rings is 1. The van der Waals surface area contributed by atoms with Crippen LogP contribution in [0.1, 0.15) is 5.56 Å². The summed E-state index contributed by atoms with van der Waals surface area (Å²) in [6, 6.07) is 7.75. The first-order chi connectivity index (χ1) is 10.2. The lowest BCUT2D eigenvalue weighted by Crippen LogP contribution is -2.24. The van der Waals surface area contributed by atoms with Crippen molar-refractivity contribution in [3.8, 4) is 0 Å². The Kier molecular flexibility index (Phi) is 4.37. The van der Waals surface area contributed by atoms with Gasteiger partial charge in [-0.05, 0) is 18.3 Å². The van der Waals surface area contributed by atoms with E-state index in [-0.39, 0.29) is 5.91 Å². The summed E-state index contributed by atoms with van der Waals surface area (Å²) in [5.74, 6) is 0.262. The molecule has 0 saturated carbocycles. The van der Waals surface area contributed by atoms with E-state index < -0.39 is 0 Å². The number of aromatic amines is 1. The van der Waals surface area contributed by atoms with Crippen LogP contribution in [0, 0.1) is 3.95 Å². The number of aromatic nitrogens is 2. The third-order valence-corrected chi connectivity index (χ3v) is 5.01. The molecule has 21 heavy (non-hydrogen) atoms. The zero-order chi connectivity index (χ0) is 14.7. The number of para-hydroxylation sites is 1. The average Bonchev–Trinajstić information content (AvgIpc) is 3.09. The molecule has 3 aromatic rings. The summed E-state index contributed by atoms with van der Waals surface area (Å²) in [7, 11) is 0. The standard InChI is InChI=1S/C13H11N3O2S3/c17-11(7-20-13-16-15-12(19)21-13)14-5-8-6-18-10-4-2-1-3-9(8)10/h1-4,6H,5,7H2,(H,14,17)(H,15,19). The molecule has 8 heteroatoms. The second-order valence-corrected chi connectivity index (χ2v) is 7.09. The zero-order valence-corrected chi connectivity index (χ0v) is 13.2. The van der Waals surface area contributed by atoms with Crippen LogP contribution in [0.2, 0.25) is 0 Å². The van der Waals surface area contributed by atoms with Crippen LogP contribution in [-0.2, 0) is 11.3 Å². The molecule has 0 aliphatic rings. The number of amides is 1. The Balaban J connectivity index is 1.55. The summed E-state index contributed by atoms with van der Waals surface area (Å²) in [4.78, 5) is 11.8. The van der Waals surface area contributed by atoms with Crippen LogP contribution in [-0.4, -0.2) is 21.9 Å². The third-order valence-electron chi connectivity index (χ3n) is 2.78. The van der Waals surface area contributed by atoms with Crippen LogP contribution >= 0.6 is 35.3 Å². The minimum absolute atomic E-state index is 0.0496. The van der Waals surface area contributed by atoms with E-state index in [1.165, 1.54) is 23.1 Å². The van der Waals surface area contributed by atoms with E-state index in [1.807, 2.05) is 24.3 Å². The van der Waals surface area contributed by atoms with Crippen molar-refractivity contribution in [2.24, 2.45) is 0 Å². The van der Waals surface area contributed by atoms with Gasteiger partial charge in [0.15, 0.2) is 8.29 Å². The van der Waals surface area contributed by atoms with E-state index in [0.29, 0.717) is 16.3 Å². The Bertz CT molecular complexity index is 821. The Labute approximate surface area is 133 Å². The fourth-order valence-corrected chi connectivity index (χ4v) is 3.73. The molecule has 108 valence electrons. The lowest BCUT2D eigenvalue weighted by atomic mass is 10.2. The van der Waals surface area contributed by atoms with Gasteiger partial charge >= 0.3 is 0 Å². The monoisotopic (exact) mass is 337 g/mol. The van der Waals surface area contributed by atoms with Crippen molar-refractivity contribution in [3.63, 3.8) is 0 Å². The van der Waals surface area contributed by atoms with Gasteiger partial charge in [-0.1, -0.05) is 41.3 Å². The molecule has 2 aromatic heterocycles. The normalized spacial score (nSPS) is 10.9. The second kappa shape index (κ2) is 6.42. The Morgan fingerprint density at radius 1 is 1.48 bits per heavy atom. The summed E-state index contributed by atoms with van der Waals surface area (Å²) in [5, 5.41) is 10.6. The zero-order valence-electron chi connectivity index (χ0n) is 10.8. The second-order valence-electron chi connectivity index (χ2n) is 4.20. The molecule has 2 N–H and O–H groups in total. The Morgan fingerprint density at radius 2 is 2.33 bits per heavy atom. The number of furan rings is 1. The summed E-state index contributed by atoms with van der Waals surface area (Å²) < 4.78 is 6.81. The number of nitrogens with zero attached hydrogens (tertiary/aromatic N) is 1. The molecule has 2 heterocycles. The summed E-state index contributed by atoms with van der Waals surface area (Å²) in [6.07, 6.45) is 1.68. The fourth-order valence-electron chi connectivity index (χ4n) is 1.82. The van der Waals surface area contributed by atoms with Crippen LogP contribution in [0.3, 0.4) is 0 Å². The van der Waals surface area contributed by atoms with Gasteiger partial charge in [0, 0.05) is 17.5 Å². The number of carbonyl (C=O) groups is 1. The Hall–Kier alpha value is -1.64. The molecule has 3 rings (SSSR count). The van der Waals surface area contributed by atoms with Crippen LogP contribution in [0.15, 0.2) is 39.3 Å². The SMILES string of the molecule is O=C(CSc1n[nH]c(=S)s1)NCc1coc2ccccc12. The van der Waals surface area contributed by atoms with E-state index in [9.17, 15) is 4.79 Å². The molecule has 0 saturated heterocycles. The molecule has 1 aromatic carbocycles. The summed E-state index contributed by atoms with van der Waals surface area (Å²) in [6.45, 7) is 0.451. The molecule has 0 fully saturated rings. The fraction of sp³-hybridized carbons (Fsp3) is 0.154. The van der Waals surface area contributed by atoms with Crippen LogP contribution < -0.4 is 5.32 Å². The number of H-pyrrole nitrogens is 1. The molecular weight excluding hydrogens is 326 g/mol. The van der Waals surface area contributed by atoms with E-state index >= 15 is 0 Å². The molecule has 5 nitrogen and oxygen atoms in total. The first-order valence-electron chi connectivity index (χ1n) is 6.12. The quantitative estimate of drug-likeness (QED) is 0.552. The molecular formula is C13H11N3O2S3. The molecule has 0 bridgehead atoms. The number of hydrogen-bond acceptors (Lipinski definition) is 6. The lowest BCUT2D eigenvalue weighted by Gasteiger charge is -2.02. The van der Waals surface area contributed by atoms with Gasteiger partial charge in [0.2, 0.25) is 5.91 Å². The predicted octanol–water partition coefficient (Wildman–Crippen LogP) is 3.36. The first kappa shape index (κ1) is 14.3. The molecule has 0 aliphatic heterocycles. The topological polar surface area (TPSA) is 70.9 Å². The maximum atomic E-state index is 11.8. The van der Waals surface area contributed by atoms with Gasteiger partial charge in [-0.15, -0.1) is 0 Å². The van der Waals surface area contributed by atoms with Gasteiger partial charge < -0.3 is 9.73 Å². The van der Waals surface area contributed by atoms with Crippen molar-refractivity contribution >= 4 is 52.2 Å². The Morgan fingerprint density at radius 3 is 3.14 bits per heavy atom. The average molecular weight is 337 g/mol. The maximum absolute atomic E-state index is 11.8. The smallest absolute Gasteiger partial charge is 0.230 e. The van der Waals surface area contributed by atoms with Gasteiger partial charge in [-0.2, -0.15) is 5.10 Å². The highest BCUT2D eigenvalue weighted by molar-refractivity contribution is 8.01. The third kappa shape index (κ3) is 3.52. The van der Waals surface area contributed by atoms with Gasteiger partial charge in [0.1, 0.15) is 5.58 Å². The minimum Gasteiger partial charge on any atom is -0.464 e. The van der Waals surface area contributed by atoms with E-state index in [4.69, 9.17) is 16.6 Å². The summed E-state index contributed by atoms with van der Waals surface area (Å²) >= 11 is 7.67. The molecule has 0 radical (unpaired) electrons. The lowest BCUT2D eigenvalue weighted by molar-refractivity contribution is -0.118. The van der Waals surface area contributed by atoms with Crippen molar-refractivity contribution < 1.29 is 9.21 Å². The van der Waals surface area contributed by atoms with Crippen LogP contribution in [0.4, 0.5) is 0 Å². The maximum Gasteiger partial charge on any atom is 0.230 e. The van der Waals surface area contributed by atoms with Crippen molar-refractivity contribution in [1.29, 1.82) is 0 Å². The van der Waals surface area contributed by atoms with Crippen molar-refractivity contribution in [1.82, 2.24) is 15.5 Å². The van der Waals surface area contributed by atoms with Crippen molar-refractivity contribution in [3.05, 3.63) is 40.0 Å². The number of fused-ring (bicyclic) bond motifs is 1. The molecule has 0 spiro atoms. The molecule has 0 unspecified atom stereocenters. The number of rotatable bonds is 5. The highest BCUT2D eigenvalue weighted by Crippen LogP contribution is 2.21. The number of thioether (sulfide) groups is 1. The van der Waals surface area contributed by atoms with E-state index in [1.54, 1.807) is 6.26 Å². The highest BCUT2D eigenvalue weighted by atomic mass is 32.2. The predicted molar refractivity (Wildman–Crippen MR) is 86.1 cm³/mol. The largest absolute Gasteiger partial charge is 0.464 e. The van der Waals surface area contributed by atoms with Gasteiger partial charge in [-0.25, -0.2) is 0 Å². The van der Waals surface area contributed by atoms with Gasteiger partial charge in [0.05, 0.1) is 12.0 Å². The number of nitrogens with one attached hydrogen (secondary N) is 2. The van der Waals surface area contributed by atoms with Crippen molar-refractivity contribution in [2.75, 3.05) is 5.75 Å². The highest BCUT2D eigenvalue weighted by Gasteiger charge is 2.08. The molecule has 0 aliphatic carbocycles.